The summed E-state index contributed by atoms with van der Waals surface area (Å²) in [5.41, 5.74) is 6.82. The van der Waals surface area contributed by atoms with Gasteiger partial charge in [0.2, 0.25) is 5.91 Å². The third-order valence-electron chi connectivity index (χ3n) is 3.69. The van der Waals surface area contributed by atoms with Crippen molar-refractivity contribution in [1.29, 1.82) is 0 Å². The number of hydrogen-bond acceptors (Lipinski definition) is 2. The first kappa shape index (κ1) is 14.0. The molecule has 4 heteroatoms. The Morgan fingerprint density at radius 1 is 1.21 bits per heavy atom. The molecule has 0 aliphatic heterocycles. The molecule has 0 radical (unpaired) electrons. The minimum absolute atomic E-state index is 0.0739. The topological polar surface area (TPSA) is 55.1 Å². The first-order chi connectivity index (χ1) is 9.13. The third-order valence-corrected chi connectivity index (χ3v) is 3.69. The average molecular weight is 264 g/mol. The van der Waals surface area contributed by atoms with Gasteiger partial charge in [0.15, 0.2) is 0 Å². The van der Waals surface area contributed by atoms with Crippen molar-refractivity contribution in [3.8, 4) is 0 Å². The van der Waals surface area contributed by atoms with Gasteiger partial charge in [-0.05, 0) is 49.8 Å². The highest BCUT2D eigenvalue weighted by Gasteiger charge is 2.19. The Bertz CT molecular complexity index is 411. The van der Waals surface area contributed by atoms with E-state index in [1.807, 2.05) is 0 Å². The van der Waals surface area contributed by atoms with Crippen molar-refractivity contribution < 1.29 is 9.18 Å². The average Bonchev–Trinajstić information content (AvgIpc) is 2.41. The van der Waals surface area contributed by atoms with E-state index in [1.54, 1.807) is 12.1 Å². The van der Waals surface area contributed by atoms with Crippen molar-refractivity contribution >= 4 is 5.91 Å². The van der Waals surface area contributed by atoms with Crippen molar-refractivity contribution in [2.45, 2.75) is 50.6 Å². The fourth-order valence-electron chi connectivity index (χ4n) is 2.47. The Labute approximate surface area is 113 Å². The number of halogens is 1. The number of nitrogens with one attached hydrogen (secondary N) is 1. The minimum atomic E-state index is -0.244. The summed E-state index contributed by atoms with van der Waals surface area (Å²) in [7, 11) is 0. The van der Waals surface area contributed by atoms with Crippen LogP contribution in [0.15, 0.2) is 24.3 Å². The van der Waals surface area contributed by atoms with Gasteiger partial charge in [-0.1, -0.05) is 12.1 Å². The number of hydrogen-bond donors (Lipinski definition) is 2. The molecule has 3 N–H and O–H groups in total. The summed E-state index contributed by atoms with van der Waals surface area (Å²) in [5, 5.41) is 3.05. The maximum absolute atomic E-state index is 12.7. The molecular weight excluding hydrogens is 243 g/mol. The molecule has 1 saturated carbocycles. The van der Waals surface area contributed by atoms with Crippen molar-refractivity contribution in [3.63, 3.8) is 0 Å². The fraction of sp³-hybridized carbons (Fsp3) is 0.533. The fourth-order valence-corrected chi connectivity index (χ4v) is 2.47. The Hall–Kier alpha value is -1.42. The summed E-state index contributed by atoms with van der Waals surface area (Å²) in [6.45, 7) is 0. The van der Waals surface area contributed by atoms with E-state index in [4.69, 9.17) is 5.73 Å². The Morgan fingerprint density at radius 3 is 2.47 bits per heavy atom. The van der Waals surface area contributed by atoms with Gasteiger partial charge in [-0.25, -0.2) is 4.39 Å². The molecular formula is C15H21FN2O. The normalized spacial score (nSPS) is 23.1. The quantitative estimate of drug-likeness (QED) is 0.875. The highest BCUT2D eigenvalue weighted by atomic mass is 19.1. The minimum Gasteiger partial charge on any atom is -0.353 e. The van der Waals surface area contributed by atoms with Crippen LogP contribution in [0.3, 0.4) is 0 Å². The maximum atomic E-state index is 12.7. The number of benzene rings is 1. The molecule has 1 aromatic rings. The van der Waals surface area contributed by atoms with Crippen LogP contribution in [0.4, 0.5) is 4.39 Å². The van der Waals surface area contributed by atoms with E-state index in [-0.39, 0.29) is 17.8 Å². The molecule has 1 aromatic carbocycles. The highest BCUT2D eigenvalue weighted by molar-refractivity contribution is 5.76. The van der Waals surface area contributed by atoms with E-state index in [0.717, 1.165) is 31.2 Å². The van der Waals surface area contributed by atoms with Gasteiger partial charge in [0, 0.05) is 18.5 Å². The van der Waals surface area contributed by atoms with Crippen LogP contribution in [0.1, 0.15) is 37.7 Å². The van der Waals surface area contributed by atoms with E-state index < -0.39 is 0 Å². The standard InChI is InChI=1S/C15H21FN2O/c16-12-4-1-11(2-5-12)3-10-15(19)18-14-8-6-13(17)7-9-14/h1-2,4-5,13-14H,3,6-10,17H2,(H,18,19). The predicted octanol–water partition coefficient (Wildman–Crippen LogP) is 2.14. The van der Waals surface area contributed by atoms with Gasteiger partial charge in [0.1, 0.15) is 5.82 Å². The molecule has 1 aliphatic rings. The van der Waals surface area contributed by atoms with E-state index in [9.17, 15) is 9.18 Å². The molecule has 0 unspecified atom stereocenters. The zero-order chi connectivity index (χ0) is 13.7. The summed E-state index contributed by atoms with van der Waals surface area (Å²) in [6, 6.07) is 6.88. The summed E-state index contributed by atoms with van der Waals surface area (Å²) in [6.07, 6.45) is 5.03. The van der Waals surface area contributed by atoms with Crippen molar-refractivity contribution in [2.75, 3.05) is 0 Å². The van der Waals surface area contributed by atoms with E-state index in [1.165, 1.54) is 12.1 Å². The third kappa shape index (κ3) is 4.63. The number of carbonyl (C=O) groups excluding carboxylic acids is 1. The molecule has 0 heterocycles. The lowest BCUT2D eigenvalue weighted by molar-refractivity contribution is -0.122. The molecule has 0 bridgehead atoms. The molecule has 2 rings (SSSR count). The zero-order valence-electron chi connectivity index (χ0n) is 11.1. The second-order valence-corrected chi connectivity index (χ2v) is 5.31. The SMILES string of the molecule is NC1CCC(NC(=O)CCc2ccc(F)cc2)CC1. The maximum Gasteiger partial charge on any atom is 0.220 e. The van der Waals surface area contributed by atoms with E-state index in [2.05, 4.69) is 5.32 Å². The van der Waals surface area contributed by atoms with Crippen LogP contribution in [0, 0.1) is 5.82 Å². The Kier molecular flexibility index (Phi) is 4.91. The monoisotopic (exact) mass is 264 g/mol. The van der Waals surface area contributed by atoms with Gasteiger partial charge in [-0.15, -0.1) is 0 Å². The summed E-state index contributed by atoms with van der Waals surface area (Å²) >= 11 is 0. The first-order valence-electron chi connectivity index (χ1n) is 6.93. The number of aryl methyl sites for hydroxylation is 1. The Morgan fingerprint density at radius 2 is 1.84 bits per heavy atom. The van der Waals surface area contributed by atoms with Gasteiger partial charge >= 0.3 is 0 Å². The molecule has 1 amide bonds. The Balaban J connectivity index is 1.71. The lowest BCUT2D eigenvalue weighted by atomic mass is 9.92. The van der Waals surface area contributed by atoms with Gasteiger partial charge in [0.05, 0.1) is 0 Å². The van der Waals surface area contributed by atoms with Gasteiger partial charge in [0.25, 0.3) is 0 Å². The van der Waals surface area contributed by atoms with Crippen molar-refractivity contribution in [2.24, 2.45) is 5.73 Å². The number of carbonyl (C=O) groups is 1. The van der Waals surface area contributed by atoms with Crippen LogP contribution >= 0.6 is 0 Å². The lowest BCUT2D eigenvalue weighted by Gasteiger charge is -2.26. The van der Waals surface area contributed by atoms with Crippen LogP contribution in [-0.4, -0.2) is 18.0 Å². The number of nitrogens with two attached hydrogens (primary N) is 1. The summed E-state index contributed by atoms with van der Waals surface area (Å²) < 4.78 is 12.7. The van der Waals surface area contributed by atoms with Crippen LogP contribution in [-0.2, 0) is 11.2 Å². The number of rotatable bonds is 4. The smallest absolute Gasteiger partial charge is 0.220 e. The second kappa shape index (κ2) is 6.66. The molecule has 0 saturated heterocycles. The van der Waals surface area contributed by atoms with Crippen LogP contribution in [0.5, 0.6) is 0 Å². The molecule has 0 atom stereocenters. The van der Waals surface area contributed by atoms with Crippen LogP contribution in [0.25, 0.3) is 0 Å². The van der Waals surface area contributed by atoms with Crippen LogP contribution < -0.4 is 11.1 Å². The summed E-state index contributed by atoms with van der Waals surface area (Å²) in [4.78, 5) is 11.8. The van der Waals surface area contributed by atoms with Crippen molar-refractivity contribution in [1.82, 2.24) is 5.32 Å². The largest absolute Gasteiger partial charge is 0.353 e. The molecule has 3 nitrogen and oxygen atoms in total. The first-order valence-corrected chi connectivity index (χ1v) is 6.93. The second-order valence-electron chi connectivity index (χ2n) is 5.31. The predicted molar refractivity (Wildman–Crippen MR) is 73.1 cm³/mol. The van der Waals surface area contributed by atoms with E-state index in [0.29, 0.717) is 18.9 Å². The molecule has 19 heavy (non-hydrogen) atoms. The molecule has 0 spiro atoms. The van der Waals surface area contributed by atoms with Gasteiger partial charge in [-0.3, -0.25) is 4.79 Å². The molecule has 0 aromatic heterocycles. The molecule has 104 valence electrons. The van der Waals surface area contributed by atoms with E-state index >= 15 is 0 Å². The molecule has 1 aliphatic carbocycles. The lowest BCUT2D eigenvalue weighted by Crippen LogP contribution is -2.40. The molecule has 1 fully saturated rings. The highest BCUT2D eigenvalue weighted by Crippen LogP contribution is 2.17. The van der Waals surface area contributed by atoms with Gasteiger partial charge < -0.3 is 11.1 Å². The number of amides is 1. The summed E-state index contributed by atoms with van der Waals surface area (Å²) in [5.74, 6) is -0.170. The van der Waals surface area contributed by atoms with Crippen molar-refractivity contribution in [3.05, 3.63) is 35.6 Å². The van der Waals surface area contributed by atoms with Gasteiger partial charge in [-0.2, -0.15) is 0 Å². The van der Waals surface area contributed by atoms with Crippen LogP contribution in [0.2, 0.25) is 0 Å². The zero-order valence-corrected chi connectivity index (χ0v) is 11.1.